The summed E-state index contributed by atoms with van der Waals surface area (Å²) in [5, 5.41) is 3.03. The first-order chi connectivity index (χ1) is 11.6. The lowest BCUT2D eigenvalue weighted by atomic mass is 9.95. The van der Waals surface area contributed by atoms with Crippen LogP contribution in [0.5, 0.6) is 0 Å². The minimum atomic E-state index is -0.150. The Morgan fingerprint density at radius 3 is 2.58 bits per heavy atom. The van der Waals surface area contributed by atoms with E-state index in [-0.39, 0.29) is 11.9 Å². The van der Waals surface area contributed by atoms with E-state index in [0.29, 0.717) is 12.3 Å². The van der Waals surface area contributed by atoms with E-state index in [1.807, 2.05) is 0 Å². The number of hydrogen-bond donors (Lipinski definition) is 1. The molecular formula is C20H26N2O2. The molecule has 1 N–H and O–H groups in total. The van der Waals surface area contributed by atoms with Crippen LogP contribution in [0.3, 0.4) is 0 Å². The third-order valence-corrected chi connectivity index (χ3v) is 4.92. The molecule has 128 valence electrons. The van der Waals surface area contributed by atoms with E-state index in [4.69, 9.17) is 4.42 Å². The Kier molecular flexibility index (Phi) is 5.36. The second-order valence-electron chi connectivity index (χ2n) is 6.83. The summed E-state index contributed by atoms with van der Waals surface area (Å²) in [7, 11) is 0. The van der Waals surface area contributed by atoms with Crippen LogP contribution >= 0.6 is 0 Å². The van der Waals surface area contributed by atoms with Gasteiger partial charge in [-0.25, -0.2) is 0 Å². The Hall–Kier alpha value is -2.07. The first kappa shape index (κ1) is 16.8. The molecule has 4 nitrogen and oxygen atoms in total. The zero-order valence-electron chi connectivity index (χ0n) is 14.5. The summed E-state index contributed by atoms with van der Waals surface area (Å²) in [5.74, 6) is 1.00. The molecule has 1 saturated heterocycles. The second-order valence-corrected chi connectivity index (χ2v) is 6.83. The fourth-order valence-electron chi connectivity index (χ4n) is 3.27. The van der Waals surface area contributed by atoms with E-state index in [9.17, 15) is 4.79 Å². The Morgan fingerprint density at radius 1 is 1.25 bits per heavy atom. The van der Waals surface area contributed by atoms with Crippen molar-refractivity contribution in [3.8, 4) is 0 Å². The first-order valence-electron chi connectivity index (χ1n) is 8.76. The molecule has 0 bridgehead atoms. The van der Waals surface area contributed by atoms with Crippen molar-refractivity contribution in [2.45, 2.75) is 32.7 Å². The highest BCUT2D eigenvalue weighted by Gasteiger charge is 2.25. The molecule has 1 amide bonds. The molecular weight excluding hydrogens is 300 g/mol. The van der Waals surface area contributed by atoms with E-state index in [2.05, 4.69) is 48.3 Å². The molecule has 0 spiro atoms. The zero-order valence-corrected chi connectivity index (χ0v) is 14.5. The van der Waals surface area contributed by atoms with Crippen molar-refractivity contribution in [1.82, 2.24) is 10.2 Å². The van der Waals surface area contributed by atoms with Gasteiger partial charge in [-0.3, -0.25) is 9.69 Å². The molecule has 0 saturated carbocycles. The Bertz CT molecular complexity index is 641. The fourth-order valence-corrected chi connectivity index (χ4v) is 3.27. The van der Waals surface area contributed by atoms with Gasteiger partial charge in [0.25, 0.3) is 5.91 Å². The normalized spacial score (nSPS) is 17.6. The molecule has 0 aliphatic carbocycles. The van der Waals surface area contributed by atoms with Crippen LogP contribution in [0.15, 0.2) is 47.1 Å². The molecule has 1 unspecified atom stereocenters. The van der Waals surface area contributed by atoms with E-state index in [0.717, 1.165) is 19.0 Å². The number of hydrogen-bond acceptors (Lipinski definition) is 3. The molecule has 1 atom stereocenters. The maximum absolute atomic E-state index is 12.2. The van der Waals surface area contributed by atoms with Gasteiger partial charge in [0.1, 0.15) is 0 Å². The van der Waals surface area contributed by atoms with Crippen LogP contribution in [0.25, 0.3) is 0 Å². The Morgan fingerprint density at radius 2 is 1.96 bits per heavy atom. The van der Waals surface area contributed by atoms with Gasteiger partial charge in [0.05, 0.1) is 12.3 Å². The summed E-state index contributed by atoms with van der Waals surface area (Å²) < 4.78 is 5.18. The van der Waals surface area contributed by atoms with Crippen molar-refractivity contribution in [1.29, 1.82) is 0 Å². The third kappa shape index (κ3) is 4.06. The third-order valence-electron chi connectivity index (χ3n) is 4.92. The predicted molar refractivity (Wildman–Crippen MR) is 94.9 cm³/mol. The summed E-state index contributed by atoms with van der Waals surface area (Å²) >= 11 is 0. The van der Waals surface area contributed by atoms with Crippen molar-refractivity contribution >= 4 is 5.91 Å². The van der Waals surface area contributed by atoms with E-state index >= 15 is 0 Å². The van der Waals surface area contributed by atoms with Gasteiger partial charge in [-0.2, -0.15) is 0 Å². The van der Waals surface area contributed by atoms with Gasteiger partial charge in [-0.15, -0.1) is 0 Å². The second kappa shape index (κ2) is 7.67. The van der Waals surface area contributed by atoms with Crippen LogP contribution in [-0.2, 0) is 0 Å². The number of amides is 1. The number of rotatable bonds is 5. The van der Waals surface area contributed by atoms with Crippen molar-refractivity contribution in [3.05, 3.63) is 59.5 Å². The number of likely N-dealkylation sites (tertiary alicyclic amines) is 1. The van der Waals surface area contributed by atoms with Gasteiger partial charge in [-0.1, -0.05) is 36.8 Å². The Balaban J connectivity index is 1.71. The van der Waals surface area contributed by atoms with Crippen molar-refractivity contribution in [2.75, 3.05) is 19.6 Å². The summed E-state index contributed by atoms with van der Waals surface area (Å²) in [5.41, 5.74) is 2.51. The smallest absolute Gasteiger partial charge is 0.287 e. The molecule has 3 rings (SSSR count). The summed E-state index contributed by atoms with van der Waals surface area (Å²) in [4.78, 5) is 14.7. The van der Waals surface area contributed by atoms with Crippen LogP contribution in [0.2, 0.25) is 0 Å². The average molecular weight is 326 g/mol. The Labute approximate surface area is 143 Å². The highest BCUT2D eigenvalue weighted by atomic mass is 16.3. The van der Waals surface area contributed by atoms with Crippen molar-refractivity contribution in [2.24, 2.45) is 5.92 Å². The van der Waals surface area contributed by atoms with E-state index in [1.165, 1.54) is 30.2 Å². The molecule has 4 heteroatoms. The van der Waals surface area contributed by atoms with Crippen molar-refractivity contribution in [3.63, 3.8) is 0 Å². The molecule has 2 heterocycles. The number of nitrogens with one attached hydrogen (secondary N) is 1. The SMILES string of the molecule is Cc1ccc(C(CNC(=O)c2ccco2)N2CCC(C)CC2)cc1. The van der Waals surface area contributed by atoms with Gasteiger partial charge >= 0.3 is 0 Å². The maximum Gasteiger partial charge on any atom is 0.287 e. The number of aryl methyl sites for hydroxylation is 1. The van der Waals surface area contributed by atoms with Crippen LogP contribution in [0, 0.1) is 12.8 Å². The minimum absolute atomic E-state index is 0.150. The van der Waals surface area contributed by atoms with Crippen molar-refractivity contribution < 1.29 is 9.21 Å². The zero-order chi connectivity index (χ0) is 16.9. The van der Waals surface area contributed by atoms with Crippen LogP contribution < -0.4 is 5.32 Å². The monoisotopic (exact) mass is 326 g/mol. The summed E-state index contributed by atoms with van der Waals surface area (Å²) in [6, 6.07) is 12.3. The number of piperidine rings is 1. The van der Waals surface area contributed by atoms with Gasteiger partial charge < -0.3 is 9.73 Å². The lowest BCUT2D eigenvalue weighted by Gasteiger charge is -2.37. The fraction of sp³-hybridized carbons (Fsp3) is 0.450. The maximum atomic E-state index is 12.2. The lowest BCUT2D eigenvalue weighted by Crippen LogP contribution is -2.41. The number of nitrogens with zero attached hydrogens (tertiary/aromatic N) is 1. The van der Waals surface area contributed by atoms with Gasteiger partial charge in [-0.05, 0) is 56.5 Å². The topological polar surface area (TPSA) is 45.5 Å². The van der Waals surface area contributed by atoms with Crippen LogP contribution in [0.1, 0.15) is 47.5 Å². The summed E-state index contributed by atoms with van der Waals surface area (Å²) in [6.07, 6.45) is 3.96. The molecule has 1 aromatic carbocycles. The summed E-state index contributed by atoms with van der Waals surface area (Å²) in [6.45, 7) is 7.17. The van der Waals surface area contributed by atoms with Crippen LogP contribution in [-0.4, -0.2) is 30.4 Å². The van der Waals surface area contributed by atoms with Gasteiger partial charge in [0, 0.05) is 6.54 Å². The standard InChI is InChI=1S/C20H26N2O2/c1-15-5-7-17(8-6-15)18(22-11-9-16(2)10-12-22)14-21-20(23)19-4-3-13-24-19/h3-8,13,16,18H,9-12,14H2,1-2H3,(H,21,23). The molecule has 1 aliphatic rings. The molecule has 1 aliphatic heterocycles. The largest absolute Gasteiger partial charge is 0.459 e. The highest BCUT2D eigenvalue weighted by molar-refractivity contribution is 5.91. The number of carbonyl (C=O) groups is 1. The van der Waals surface area contributed by atoms with E-state index < -0.39 is 0 Å². The van der Waals surface area contributed by atoms with Gasteiger partial charge in [0.15, 0.2) is 5.76 Å². The minimum Gasteiger partial charge on any atom is -0.459 e. The molecule has 0 radical (unpaired) electrons. The number of furan rings is 1. The number of benzene rings is 1. The molecule has 24 heavy (non-hydrogen) atoms. The molecule has 2 aromatic rings. The van der Waals surface area contributed by atoms with E-state index in [1.54, 1.807) is 12.1 Å². The molecule has 1 aromatic heterocycles. The lowest BCUT2D eigenvalue weighted by molar-refractivity contribution is 0.0886. The number of carbonyl (C=O) groups excluding carboxylic acids is 1. The highest BCUT2D eigenvalue weighted by Crippen LogP contribution is 2.26. The first-order valence-corrected chi connectivity index (χ1v) is 8.76. The average Bonchev–Trinajstić information content (AvgIpc) is 3.12. The molecule has 1 fully saturated rings. The predicted octanol–water partition coefficient (Wildman–Crippen LogP) is 3.79. The quantitative estimate of drug-likeness (QED) is 0.909. The van der Waals surface area contributed by atoms with Crippen LogP contribution in [0.4, 0.5) is 0 Å². The van der Waals surface area contributed by atoms with Gasteiger partial charge in [0.2, 0.25) is 0 Å².